The fraction of sp³-hybridized carbons (Fsp3) is 0.917. The second-order valence-electron chi connectivity index (χ2n) is 5.32. The molecule has 1 fully saturated rings. The van der Waals surface area contributed by atoms with Gasteiger partial charge in [-0.25, -0.2) is 0 Å². The van der Waals surface area contributed by atoms with E-state index in [9.17, 15) is 4.79 Å². The van der Waals surface area contributed by atoms with E-state index in [0.717, 1.165) is 32.6 Å². The van der Waals surface area contributed by atoms with Gasteiger partial charge in [0.1, 0.15) is 0 Å². The summed E-state index contributed by atoms with van der Waals surface area (Å²) >= 11 is 0. The van der Waals surface area contributed by atoms with Crippen molar-refractivity contribution in [3.8, 4) is 0 Å². The molecule has 0 amide bonds. The number of hydrogen-bond acceptors (Lipinski definition) is 4. The molecule has 4 nitrogen and oxygen atoms in total. The first kappa shape index (κ1) is 13.5. The molecule has 1 heterocycles. The van der Waals surface area contributed by atoms with E-state index in [1.54, 1.807) is 0 Å². The Hall–Kier alpha value is -0.610. The topological polar surface area (TPSA) is 55.6 Å². The predicted molar refractivity (Wildman–Crippen MR) is 64.0 cm³/mol. The summed E-state index contributed by atoms with van der Waals surface area (Å²) in [5.41, 5.74) is 5.27. The molecule has 0 bridgehead atoms. The zero-order valence-electron chi connectivity index (χ0n) is 10.7. The van der Waals surface area contributed by atoms with Gasteiger partial charge in [0.15, 0.2) is 0 Å². The number of likely N-dealkylation sites (tertiary alicyclic amines) is 1. The molecular weight excluding hydrogens is 204 g/mol. The lowest BCUT2D eigenvalue weighted by molar-refractivity contribution is -0.151. The lowest BCUT2D eigenvalue weighted by atomic mass is 9.89. The van der Waals surface area contributed by atoms with Gasteiger partial charge in [-0.05, 0) is 52.2 Å². The van der Waals surface area contributed by atoms with Crippen LogP contribution in [-0.4, -0.2) is 44.2 Å². The molecule has 0 aromatic carbocycles. The Kier molecular flexibility index (Phi) is 4.74. The van der Waals surface area contributed by atoms with Gasteiger partial charge in [0, 0.05) is 6.54 Å². The molecule has 0 saturated carbocycles. The van der Waals surface area contributed by atoms with Gasteiger partial charge in [-0.2, -0.15) is 0 Å². The summed E-state index contributed by atoms with van der Waals surface area (Å²) in [6, 6.07) is 0. The van der Waals surface area contributed by atoms with Crippen LogP contribution < -0.4 is 5.73 Å². The number of carbonyl (C=O) groups is 1. The Morgan fingerprint density at radius 3 is 2.75 bits per heavy atom. The van der Waals surface area contributed by atoms with E-state index >= 15 is 0 Å². The number of ether oxygens (including phenoxy) is 1. The van der Waals surface area contributed by atoms with Crippen LogP contribution in [0.4, 0.5) is 0 Å². The quantitative estimate of drug-likeness (QED) is 0.709. The molecule has 94 valence electrons. The van der Waals surface area contributed by atoms with Crippen LogP contribution in [0.2, 0.25) is 0 Å². The minimum atomic E-state index is -0.379. The number of esters is 1. The summed E-state index contributed by atoms with van der Waals surface area (Å²) in [5.74, 6) is 0.517. The highest BCUT2D eigenvalue weighted by atomic mass is 16.5. The van der Waals surface area contributed by atoms with Gasteiger partial charge in [-0.1, -0.05) is 0 Å². The number of methoxy groups -OCH3 is 1. The Morgan fingerprint density at radius 2 is 2.25 bits per heavy atom. The third kappa shape index (κ3) is 3.46. The number of carbonyl (C=O) groups excluding carboxylic acids is 1. The summed E-state index contributed by atoms with van der Waals surface area (Å²) in [6.07, 6.45) is 2.03. The Balaban J connectivity index is 2.32. The summed E-state index contributed by atoms with van der Waals surface area (Å²) in [4.78, 5) is 13.9. The van der Waals surface area contributed by atoms with Crippen LogP contribution in [0.5, 0.6) is 0 Å². The van der Waals surface area contributed by atoms with Crippen molar-refractivity contribution in [3.63, 3.8) is 0 Å². The maximum Gasteiger partial charge on any atom is 0.311 e. The van der Waals surface area contributed by atoms with Crippen LogP contribution in [0.25, 0.3) is 0 Å². The van der Waals surface area contributed by atoms with Gasteiger partial charge in [0.2, 0.25) is 0 Å². The molecular formula is C12H24N2O2. The summed E-state index contributed by atoms with van der Waals surface area (Å²) in [5, 5.41) is 0. The highest BCUT2D eigenvalue weighted by Crippen LogP contribution is 2.24. The van der Waals surface area contributed by atoms with E-state index in [0.29, 0.717) is 5.92 Å². The van der Waals surface area contributed by atoms with Crippen molar-refractivity contribution in [1.29, 1.82) is 0 Å². The molecule has 0 radical (unpaired) electrons. The minimum absolute atomic E-state index is 0.123. The van der Waals surface area contributed by atoms with Gasteiger partial charge in [0.25, 0.3) is 0 Å². The summed E-state index contributed by atoms with van der Waals surface area (Å²) in [7, 11) is 1.45. The SMILES string of the molecule is COC(=O)C(C)(C)CCN1CCC(CN)C1. The van der Waals surface area contributed by atoms with Crippen molar-refractivity contribution in [2.45, 2.75) is 26.7 Å². The minimum Gasteiger partial charge on any atom is -0.469 e. The molecule has 1 unspecified atom stereocenters. The fourth-order valence-corrected chi connectivity index (χ4v) is 2.12. The molecule has 1 rings (SSSR count). The Morgan fingerprint density at radius 1 is 1.56 bits per heavy atom. The molecule has 4 heteroatoms. The highest BCUT2D eigenvalue weighted by molar-refractivity contribution is 5.75. The molecule has 0 aliphatic carbocycles. The first-order valence-corrected chi connectivity index (χ1v) is 6.00. The molecule has 1 atom stereocenters. The third-order valence-corrected chi connectivity index (χ3v) is 3.49. The Labute approximate surface area is 98.1 Å². The van der Waals surface area contributed by atoms with Crippen molar-refractivity contribution < 1.29 is 9.53 Å². The number of rotatable bonds is 5. The van der Waals surface area contributed by atoms with Crippen molar-refractivity contribution in [3.05, 3.63) is 0 Å². The smallest absolute Gasteiger partial charge is 0.311 e. The van der Waals surface area contributed by atoms with E-state index in [1.165, 1.54) is 13.5 Å². The van der Waals surface area contributed by atoms with E-state index in [1.807, 2.05) is 13.8 Å². The molecule has 0 spiro atoms. The van der Waals surface area contributed by atoms with E-state index in [-0.39, 0.29) is 11.4 Å². The van der Waals surface area contributed by atoms with Gasteiger partial charge >= 0.3 is 5.97 Å². The first-order chi connectivity index (χ1) is 7.49. The van der Waals surface area contributed by atoms with E-state index < -0.39 is 0 Å². The number of hydrogen-bond donors (Lipinski definition) is 1. The molecule has 0 aromatic heterocycles. The summed E-state index contributed by atoms with van der Waals surface area (Å²) < 4.78 is 4.80. The zero-order chi connectivity index (χ0) is 12.2. The second kappa shape index (κ2) is 5.64. The maximum atomic E-state index is 11.5. The zero-order valence-corrected chi connectivity index (χ0v) is 10.7. The first-order valence-electron chi connectivity index (χ1n) is 6.00. The second-order valence-corrected chi connectivity index (χ2v) is 5.32. The number of nitrogens with zero attached hydrogens (tertiary/aromatic N) is 1. The van der Waals surface area contributed by atoms with Crippen molar-refractivity contribution >= 4 is 5.97 Å². The van der Waals surface area contributed by atoms with Crippen LogP contribution in [0, 0.1) is 11.3 Å². The predicted octanol–water partition coefficient (Wildman–Crippen LogP) is 0.856. The highest BCUT2D eigenvalue weighted by Gasteiger charge is 2.30. The van der Waals surface area contributed by atoms with Crippen molar-refractivity contribution in [2.75, 3.05) is 33.3 Å². The van der Waals surface area contributed by atoms with Crippen molar-refractivity contribution in [1.82, 2.24) is 4.90 Å². The summed E-state index contributed by atoms with van der Waals surface area (Å²) in [6.45, 7) is 7.80. The van der Waals surface area contributed by atoms with Crippen LogP contribution in [-0.2, 0) is 9.53 Å². The van der Waals surface area contributed by atoms with E-state index in [4.69, 9.17) is 10.5 Å². The molecule has 16 heavy (non-hydrogen) atoms. The molecule has 2 N–H and O–H groups in total. The Bertz CT molecular complexity index is 241. The lowest BCUT2D eigenvalue weighted by Gasteiger charge is -2.24. The van der Waals surface area contributed by atoms with Gasteiger partial charge in [-0.3, -0.25) is 4.79 Å². The molecule has 1 aliphatic heterocycles. The molecule has 1 aliphatic rings. The van der Waals surface area contributed by atoms with Crippen LogP contribution in [0.3, 0.4) is 0 Å². The van der Waals surface area contributed by atoms with Gasteiger partial charge in [0.05, 0.1) is 12.5 Å². The fourth-order valence-electron chi connectivity index (χ4n) is 2.12. The van der Waals surface area contributed by atoms with Crippen LogP contribution in [0.1, 0.15) is 26.7 Å². The van der Waals surface area contributed by atoms with E-state index in [2.05, 4.69) is 4.90 Å². The van der Waals surface area contributed by atoms with Gasteiger partial charge in [-0.15, -0.1) is 0 Å². The average molecular weight is 228 g/mol. The number of nitrogens with two attached hydrogens (primary N) is 1. The average Bonchev–Trinajstić information content (AvgIpc) is 2.73. The van der Waals surface area contributed by atoms with Crippen LogP contribution >= 0.6 is 0 Å². The molecule has 0 aromatic rings. The van der Waals surface area contributed by atoms with Crippen molar-refractivity contribution in [2.24, 2.45) is 17.1 Å². The van der Waals surface area contributed by atoms with Gasteiger partial charge < -0.3 is 15.4 Å². The van der Waals surface area contributed by atoms with Crippen LogP contribution in [0.15, 0.2) is 0 Å². The largest absolute Gasteiger partial charge is 0.469 e. The standard InChI is InChI=1S/C12H24N2O2/c1-12(2,11(15)16-3)5-7-14-6-4-10(8-13)9-14/h10H,4-9,13H2,1-3H3. The maximum absolute atomic E-state index is 11.5. The lowest BCUT2D eigenvalue weighted by Crippen LogP contribution is -2.32. The normalized spacial score (nSPS) is 22.4. The molecule has 1 saturated heterocycles. The monoisotopic (exact) mass is 228 g/mol. The third-order valence-electron chi connectivity index (χ3n) is 3.49.